The molecule has 0 spiro atoms. The molecule has 1 N–H and O–H groups in total. The predicted octanol–water partition coefficient (Wildman–Crippen LogP) is 4.40. The quantitative estimate of drug-likeness (QED) is 0.652. The number of hydrogen-bond donors (Lipinski definition) is 1. The van der Waals surface area contributed by atoms with E-state index in [1.807, 2.05) is 41.9 Å². The molecule has 7 heteroatoms. The van der Waals surface area contributed by atoms with Crippen LogP contribution in [0.15, 0.2) is 46.9 Å². The Morgan fingerprint density at radius 1 is 1.28 bits per heavy atom. The lowest BCUT2D eigenvalue weighted by Gasteiger charge is -2.05. The highest BCUT2D eigenvalue weighted by Gasteiger charge is 2.15. The van der Waals surface area contributed by atoms with Gasteiger partial charge in [0, 0.05) is 28.6 Å². The summed E-state index contributed by atoms with van der Waals surface area (Å²) in [5.74, 6) is 1.57. The average Bonchev–Trinajstić information content (AvgIpc) is 3.21. The number of rotatable bonds is 6. The fourth-order valence-corrected chi connectivity index (χ4v) is 3.93. The minimum atomic E-state index is -0.0571. The van der Waals surface area contributed by atoms with Gasteiger partial charge in [0.2, 0.25) is 5.91 Å². The number of carbonyl (C=O) groups is 1. The second-order valence-electron chi connectivity index (χ2n) is 5.96. The van der Waals surface area contributed by atoms with E-state index in [9.17, 15) is 4.79 Å². The summed E-state index contributed by atoms with van der Waals surface area (Å²) < 4.78 is 1.94. The van der Waals surface area contributed by atoms with E-state index in [1.165, 1.54) is 16.6 Å². The first kappa shape index (κ1) is 17.7. The first-order chi connectivity index (χ1) is 12.0. The molecule has 130 valence electrons. The molecule has 3 aromatic rings. The average molecular weight is 373 g/mol. The van der Waals surface area contributed by atoms with Gasteiger partial charge < -0.3 is 9.88 Å². The zero-order valence-corrected chi connectivity index (χ0v) is 16.0. The number of carbonyl (C=O) groups excluding carboxylic acids is 1. The fourth-order valence-electron chi connectivity index (χ4n) is 2.31. The molecule has 0 aliphatic heterocycles. The molecule has 0 fully saturated rings. The molecule has 0 saturated carbocycles. The Morgan fingerprint density at radius 3 is 2.72 bits per heavy atom. The van der Waals surface area contributed by atoms with Crippen molar-refractivity contribution < 1.29 is 4.79 Å². The summed E-state index contributed by atoms with van der Waals surface area (Å²) in [6.07, 6.45) is 0. The Kier molecular flexibility index (Phi) is 5.55. The molecule has 0 saturated heterocycles. The Hall–Kier alpha value is -2.12. The van der Waals surface area contributed by atoms with Crippen LogP contribution in [0.4, 0.5) is 5.69 Å². The van der Waals surface area contributed by atoms with Crippen molar-refractivity contribution in [3.05, 3.63) is 46.7 Å². The van der Waals surface area contributed by atoms with Gasteiger partial charge >= 0.3 is 0 Å². The highest BCUT2D eigenvalue weighted by molar-refractivity contribution is 7.99. The summed E-state index contributed by atoms with van der Waals surface area (Å²) >= 11 is 3.12. The molecular formula is C18H20N4OS2. The second-order valence-corrected chi connectivity index (χ2v) is 7.85. The van der Waals surface area contributed by atoms with Crippen LogP contribution in [0, 0.1) is 0 Å². The lowest BCUT2D eigenvalue weighted by Crippen LogP contribution is -2.14. The van der Waals surface area contributed by atoms with Gasteiger partial charge in [-0.25, -0.2) is 0 Å². The van der Waals surface area contributed by atoms with Crippen LogP contribution in [0.2, 0.25) is 0 Å². The molecule has 1 aromatic carbocycles. The number of anilines is 1. The third-order valence-electron chi connectivity index (χ3n) is 3.67. The Morgan fingerprint density at radius 2 is 2.04 bits per heavy atom. The summed E-state index contributed by atoms with van der Waals surface area (Å²) in [7, 11) is 1.93. The van der Waals surface area contributed by atoms with Crippen molar-refractivity contribution in [2.45, 2.75) is 24.9 Å². The zero-order chi connectivity index (χ0) is 17.8. The molecule has 0 bridgehead atoms. The van der Waals surface area contributed by atoms with Crippen molar-refractivity contribution in [3.8, 4) is 11.4 Å². The van der Waals surface area contributed by atoms with E-state index in [-0.39, 0.29) is 5.91 Å². The number of nitrogens with zero attached hydrogens (tertiary/aromatic N) is 3. The summed E-state index contributed by atoms with van der Waals surface area (Å²) in [5, 5.41) is 14.2. The predicted molar refractivity (Wildman–Crippen MR) is 104 cm³/mol. The molecule has 25 heavy (non-hydrogen) atoms. The SMILES string of the molecule is CC(C)c1cc(-c2nnc(SCC(=O)Nc3ccccc3)n2C)cs1. The van der Waals surface area contributed by atoms with E-state index in [0.29, 0.717) is 11.7 Å². The number of amides is 1. The van der Waals surface area contributed by atoms with Crippen LogP contribution in [-0.4, -0.2) is 26.4 Å². The second kappa shape index (κ2) is 7.84. The maximum absolute atomic E-state index is 12.1. The standard InChI is InChI=1S/C18H20N4OS2/c1-12(2)15-9-13(10-24-15)17-20-21-18(22(17)3)25-11-16(23)19-14-7-5-4-6-8-14/h4-10,12H,11H2,1-3H3,(H,19,23). The molecule has 0 radical (unpaired) electrons. The number of hydrogen-bond acceptors (Lipinski definition) is 5. The van der Waals surface area contributed by atoms with Crippen molar-refractivity contribution in [2.75, 3.05) is 11.1 Å². The van der Waals surface area contributed by atoms with Gasteiger partial charge in [-0.05, 0) is 24.1 Å². The van der Waals surface area contributed by atoms with E-state index < -0.39 is 0 Å². The van der Waals surface area contributed by atoms with Gasteiger partial charge in [0.1, 0.15) is 0 Å². The largest absolute Gasteiger partial charge is 0.325 e. The van der Waals surface area contributed by atoms with Crippen LogP contribution in [-0.2, 0) is 11.8 Å². The first-order valence-corrected chi connectivity index (χ1v) is 9.87. The van der Waals surface area contributed by atoms with Gasteiger partial charge in [-0.15, -0.1) is 21.5 Å². The lowest BCUT2D eigenvalue weighted by atomic mass is 10.1. The minimum absolute atomic E-state index is 0.0571. The molecule has 3 rings (SSSR count). The third-order valence-corrected chi connectivity index (χ3v) is 5.93. The summed E-state index contributed by atoms with van der Waals surface area (Å²) in [6, 6.07) is 11.6. The number of thioether (sulfide) groups is 1. The molecule has 1 amide bonds. The maximum Gasteiger partial charge on any atom is 0.234 e. The van der Waals surface area contributed by atoms with Gasteiger partial charge in [-0.2, -0.15) is 0 Å². The molecular weight excluding hydrogens is 352 g/mol. The van der Waals surface area contributed by atoms with Gasteiger partial charge in [-0.3, -0.25) is 4.79 Å². The number of thiophene rings is 1. The van der Waals surface area contributed by atoms with Crippen molar-refractivity contribution in [3.63, 3.8) is 0 Å². The number of para-hydroxylation sites is 1. The van der Waals surface area contributed by atoms with Crippen molar-refractivity contribution >= 4 is 34.7 Å². The number of nitrogens with one attached hydrogen (secondary N) is 1. The van der Waals surface area contributed by atoms with Crippen LogP contribution in [0.3, 0.4) is 0 Å². The summed E-state index contributed by atoms with van der Waals surface area (Å²) in [6.45, 7) is 4.36. The minimum Gasteiger partial charge on any atom is -0.325 e. The van der Waals surface area contributed by atoms with Crippen LogP contribution in [0.25, 0.3) is 11.4 Å². The van der Waals surface area contributed by atoms with E-state index in [0.717, 1.165) is 22.2 Å². The highest BCUT2D eigenvalue weighted by Crippen LogP contribution is 2.30. The van der Waals surface area contributed by atoms with Crippen LogP contribution < -0.4 is 5.32 Å². The van der Waals surface area contributed by atoms with Gasteiger partial charge in [0.05, 0.1) is 5.75 Å². The first-order valence-electron chi connectivity index (χ1n) is 8.00. The summed E-state index contributed by atoms with van der Waals surface area (Å²) in [4.78, 5) is 13.4. The smallest absolute Gasteiger partial charge is 0.234 e. The Bertz CT molecular complexity index is 855. The molecule has 2 heterocycles. The lowest BCUT2D eigenvalue weighted by molar-refractivity contribution is -0.113. The molecule has 2 aromatic heterocycles. The summed E-state index contributed by atoms with van der Waals surface area (Å²) in [5.41, 5.74) is 1.87. The Labute approximate surface area is 155 Å². The van der Waals surface area contributed by atoms with E-state index in [4.69, 9.17) is 0 Å². The number of benzene rings is 1. The topological polar surface area (TPSA) is 59.8 Å². The van der Waals surface area contributed by atoms with Crippen molar-refractivity contribution in [2.24, 2.45) is 7.05 Å². The monoisotopic (exact) mass is 372 g/mol. The van der Waals surface area contributed by atoms with Crippen LogP contribution in [0.5, 0.6) is 0 Å². The van der Waals surface area contributed by atoms with Gasteiger partial charge in [-0.1, -0.05) is 43.8 Å². The van der Waals surface area contributed by atoms with Crippen LogP contribution in [0.1, 0.15) is 24.6 Å². The molecule has 0 unspecified atom stereocenters. The third kappa shape index (κ3) is 4.29. The van der Waals surface area contributed by atoms with Gasteiger partial charge in [0.25, 0.3) is 0 Å². The van der Waals surface area contributed by atoms with E-state index >= 15 is 0 Å². The zero-order valence-electron chi connectivity index (χ0n) is 14.4. The maximum atomic E-state index is 12.1. The fraction of sp³-hybridized carbons (Fsp3) is 0.278. The van der Waals surface area contributed by atoms with E-state index in [2.05, 4.69) is 40.8 Å². The molecule has 0 atom stereocenters. The highest BCUT2D eigenvalue weighted by atomic mass is 32.2. The molecule has 0 aliphatic carbocycles. The Balaban J connectivity index is 1.64. The number of aromatic nitrogens is 3. The van der Waals surface area contributed by atoms with Gasteiger partial charge in [0.15, 0.2) is 11.0 Å². The molecule has 0 aliphatic rings. The van der Waals surface area contributed by atoms with E-state index in [1.54, 1.807) is 11.3 Å². The van der Waals surface area contributed by atoms with Crippen molar-refractivity contribution in [1.82, 2.24) is 14.8 Å². The normalized spacial score (nSPS) is 11.0. The van der Waals surface area contributed by atoms with Crippen LogP contribution >= 0.6 is 23.1 Å². The molecule has 5 nitrogen and oxygen atoms in total. The van der Waals surface area contributed by atoms with Crippen molar-refractivity contribution in [1.29, 1.82) is 0 Å².